The van der Waals surface area contributed by atoms with E-state index in [1.807, 2.05) is 0 Å². The highest BCUT2D eigenvalue weighted by atomic mass is 32.1. The molecule has 0 radical (unpaired) electrons. The molecule has 4 heteroatoms. The highest BCUT2D eigenvalue weighted by Gasteiger charge is 2.10. The van der Waals surface area contributed by atoms with Crippen LogP contribution in [0.3, 0.4) is 0 Å². The summed E-state index contributed by atoms with van der Waals surface area (Å²) in [6.07, 6.45) is 1.79. The molecule has 18 heavy (non-hydrogen) atoms. The van der Waals surface area contributed by atoms with Gasteiger partial charge in [0, 0.05) is 29.1 Å². The van der Waals surface area contributed by atoms with Crippen molar-refractivity contribution in [2.75, 3.05) is 11.9 Å². The molecule has 0 saturated heterocycles. The lowest BCUT2D eigenvalue weighted by Gasteiger charge is -2.12. The summed E-state index contributed by atoms with van der Waals surface area (Å²) in [6, 6.07) is 4.20. The second-order valence-electron chi connectivity index (χ2n) is 4.19. The second kappa shape index (κ2) is 5.96. The van der Waals surface area contributed by atoms with Gasteiger partial charge in [-0.15, -0.1) is 11.3 Å². The first kappa shape index (κ1) is 13.0. The molecule has 0 aliphatic heterocycles. The molecule has 2 rings (SSSR count). The van der Waals surface area contributed by atoms with Crippen molar-refractivity contribution < 1.29 is 0 Å². The molecule has 0 amide bonds. The van der Waals surface area contributed by atoms with E-state index in [-0.39, 0.29) is 0 Å². The van der Waals surface area contributed by atoms with Gasteiger partial charge in [-0.3, -0.25) is 0 Å². The Kier molecular flexibility index (Phi) is 4.31. The minimum atomic E-state index is 0.820. The van der Waals surface area contributed by atoms with Crippen LogP contribution in [0.25, 0.3) is 0 Å². The molecule has 0 saturated carbocycles. The van der Waals surface area contributed by atoms with Gasteiger partial charge in [0.2, 0.25) is 0 Å². The standard InChI is InChI=1S/C14H19N3S/c1-4-12-10(3)16-13(17-14(12)15-5-2)9-11-7-6-8-18-11/h6-8H,4-5,9H2,1-3H3,(H,15,16,17). The van der Waals surface area contributed by atoms with Crippen LogP contribution in [0.5, 0.6) is 0 Å². The van der Waals surface area contributed by atoms with Crippen LogP contribution in [0.2, 0.25) is 0 Å². The molecule has 0 bridgehead atoms. The first-order valence-corrected chi connectivity index (χ1v) is 7.25. The molecule has 0 unspecified atom stereocenters. The highest BCUT2D eigenvalue weighted by Crippen LogP contribution is 2.19. The van der Waals surface area contributed by atoms with Crippen molar-refractivity contribution in [2.45, 2.75) is 33.6 Å². The third-order valence-corrected chi connectivity index (χ3v) is 3.75. The monoisotopic (exact) mass is 261 g/mol. The van der Waals surface area contributed by atoms with Gasteiger partial charge in [-0.05, 0) is 31.7 Å². The molecule has 0 fully saturated rings. The number of nitrogens with one attached hydrogen (secondary N) is 1. The van der Waals surface area contributed by atoms with Gasteiger partial charge >= 0.3 is 0 Å². The molecule has 1 N–H and O–H groups in total. The number of aromatic nitrogens is 2. The predicted octanol–water partition coefficient (Wildman–Crippen LogP) is 3.43. The smallest absolute Gasteiger partial charge is 0.136 e. The Bertz CT molecular complexity index is 506. The summed E-state index contributed by atoms with van der Waals surface area (Å²) in [6.45, 7) is 7.20. The largest absolute Gasteiger partial charge is 0.370 e. The first-order valence-electron chi connectivity index (χ1n) is 6.37. The number of thiophene rings is 1. The Morgan fingerprint density at radius 2 is 2.11 bits per heavy atom. The van der Waals surface area contributed by atoms with E-state index in [0.717, 1.165) is 36.7 Å². The summed E-state index contributed by atoms with van der Waals surface area (Å²) >= 11 is 1.75. The number of hydrogen-bond acceptors (Lipinski definition) is 4. The Morgan fingerprint density at radius 3 is 2.72 bits per heavy atom. The van der Waals surface area contributed by atoms with Crippen molar-refractivity contribution in [1.29, 1.82) is 0 Å². The number of hydrogen-bond donors (Lipinski definition) is 1. The van der Waals surface area contributed by atoms with Gasteiger partial charge in [-0.25, -0.2) is 9.97 Å². The normalized spacial score (nSPS) is 10.6. The summed E-state index contributed by atoms with van der Waals surface area (Å²) in [5.74, 6) is 1.90. The molecule has 0 spiro atoms. The minimum Gasteiger partial charge on any atom is -0.370 e. The van der Waals surface area contributed by atoms with Crippen LogP contribution < -0.4 is 5.32 Å². The average molecular weight is 261 g/mol. The van der Waals surface area contributed by atoms with E-state index in [2.05, 4.69) is 53.6 Å². The average Bonchev–Trinajstić information content (AvgIpc) is 2.82. The topological polar surface area (TPSA) is 37.8 Å². The maximum Gasteiger partial charge on any atom is 0.136 e. The summed E-state index contributed by atoms with van der Waals surface area (Å²) < 4.78 is 0. The zero-order valence-electron chi connectivity index (χ0n) is 11.2. The zero-order valence-corrected chi connectivity index (χ0v) is 12.0. The predicted molar refractivity (Wildman–Crippen MR) is 77.4 cm³/mol. The first-order chi connectivity index (χ1) is 8.74. The maximum absolute atomic E-state index is 4.65. The molecular weight excluding hydrogens is 242 g/mol. The Hall–Kier alpha value is -1.42. The fraction of sp³-hybridized carbons (Fsp3) is 0.429. The number of nitrogens with zero attached hydrogens (tertiary/aromatic N) is 2. The van der Waals surface area contributed by atoms with Crippen molar-refractivity contribution >= 4 is 17.2 Å². The van der Waals surface area contributed by atoms with E-state index >= 15 is 0 Å². The lowest BCUT2D eigenvalue weighted by atomic mass is 10.1. The third-order valence-electron chi connectivity index (χ3n) is 2.87. The van der Waals surface area contributed by atoms with Crippen LogP contribution in [0.15, 0.2) is 17.5 Å². The van der Waals surface area contributed by atoms with Crippen LogP contribution >= 0.6 is 11.3 Å². The SMILES string of the molecule is CCNc1nc(Cc2cccs2)nc(C)c1CC. The van der Waals surface area contributed by atoms with Crippen LogP contribution in [-0.4, -0.2) is 16.5 Å². The quantitative estimate of drug-likeness (QED) is 0.896. The van der Waals surface area contributed by atoms with E-state index in [0.29, 0.717) is 0 Å². The van der Waals surface area contributed by atoms with Crippen LogP contribution in [0.1, 0.15) is 35.8 Å². The van der Waals surface area contributed by atoms with E-state index in [1.165, 1.54) is 10.4 Å². The molecule has 0 aliphatic carbocycles. The maximum atomic E-state index is 4.65. The van der Waals surface area contributed by atoms with E-state index < -0.39 is 0 Å². The summed E-state index contributed by atoms with van der Waals surface area (Å²) in [7, 11) is 0. The van der Waals surface area contributed by atoms with E-state index in [1.54, 1.807) is 11.3 Å². The fourth-order valence-electron chi connectivity index (χ4n) is 2.04. The van der Waals surface area contributed by atoms with Crippen molar-refractivity contribution in [3.63, 3.8) is 0 Å². The Balaban J connectivity index is 2.31. The van der Waals surface area contributed by atoms with Crippen LogP contribution in [0, 0.1) is 6.92 Å². The third kappa shape index (κ3) is 2.88. The highest BCUT2D eigenvalue weighted by molar-refractivity contribution is 7.09. The molecule has 2 aromatic rings. The lowest BCUT2D eigenvalue weighted by Crippen LogP contribution is -2.09. The molecule has 0 aromatic carbocycles. The molecule has 2 aromatic heterocycles. The number of aryl methyl sites for hydroxylation is 1. The molecule has 2 heterocycles. The van der Waals surface area contributed by atoms with Crippen molar-refractivity contribution in [2.24, 2.45) is 0 Å². The summed E-state index contributed by atoms with van der Waals surface area (Å²) in [5, 5.41) is 5.43. The van der Waals surface area contributed by atoms with E-state index in [4.69, 9.17) is 0 Å². The minimum absolute atomic E-state index is 0.820. The van der Waals surface area contributed by atoms with Crippen LogP contribution in [-0.2, 0) is 12.8 Å². The van der Waals surface area contributed by atoms with Gasteiger partial charge < -0.3 is 5.32 Å². The van der Waals surface area contributed by atoms with Crippen LogP contribution in [0.4, 0.5) is 5.82 Å². The summed E-state index contributed by atoms with van der Waals surface area (Å²) in [5.41, 5.74) is 2.32. The van der Waals surface area contributed by atoms with Gasteiger partial charge in [0.25, 0.3) is 0 Å². The van der Waals surface area contributed by atoms with Crippen molar-refractivity contribution in [3.8, 4) is 0 Å². The Labute approximate surface area is 112 Å². The Morgan fingerprint density at radius 1 is 1.28 bits per heavy atom. The second-order valence-corrected chi connectivity index (χ2v) is 5.22. The van der Waals surface area contributed by atoms with Gasteiger partial charge in [-0.1, -0.05) is 13.0 Å². The number of anilines is 1. The molecule has 96 valence electrons. The van der Waals surface area contributed by atoms with Gasteiger partial charge in [0.05, 0.1) is 0 Å². The molecule has 0 aliphatic rings. The lowest BCUT2D eigenvalue weighted by molar-refractivity contribution is 0.907. The molecular formula is C14H19N3S. The van der Waals surface area contributed by atoms with Gasteiger partial charge in [-0.2, -0.15) is 0 Å². The van der Waals surface area contributed by atoms with Crippen molar-refractivity contribution in [1.82, 2.24) is 9.97 Å². The zero-order chi connectivity index (χ0) is 13.0. The van der Waals surface area contributed by atoms with Gasteiger partial charge in [0.1, 0.15) is 11.6 Å². The summed E-state index contributed by atoms with van der Waals surface area (Å²) in [4.78, 5) is 10.6. The van der Waals surface area contributed by atoms with E-state index in [9.17, 15) is 0 Å². The van der Waals surface area contributed by atoms with Gasteiger partial charge in [0.15, 0.2) is 0 Å². The van der Waals surface area contributed by atoms with Crippen molar-refractivity contribution in [3.05, 3.63) is 39.5 Å². The molecule has 3 nitrogen and oxygen atoms in total. The molecule has 0 atom stereocenters. The fourth-order valence-corrected chi connectivity index (χ4v) is 2.74. The number of rotatable bonds is 5.